The Morgan fingerprint density at radius 1 is 1.12 bits per heavy atom. The quantitative estimate of drug-likeness (QED) is 0.818. The van der Waals surface area contributed by atoms with E-state index in [-0.39, 0.29) is 18.1 Å². The van der Waals surface area contributed by atoms with Gasteiger partial charge in [-0.2, -0.15) is 0 Å². The Hall–Kier alpha value is -1.50. The van der Waals surface area contributed by atoms with Crippen LogP contribution in [0.5, 0.6) is 0 Å². The molecule has 0 spiro atoms. The van der Waals surface area contributed by atoms with Crippen molar-refractivity contribution in [2.24, 2.45) is 0 Å². The van der Waals surface area contributed by atoms with E-state index in [0.717, 1.165) is 58.5 Å². The lowest BCUT2D eigenvalue weighted by Crippen LogP contribution is -2.53. The van der Waals surface area contributed by atoms with Gasteiger partial charge in [-0.05, 0) is 44.0 Å². The van der Waals surface area contributed by atoms with Crippen LogP contribution in [0.4, 0.5) is 0 Å². The van der Waals surface area contributed by atoms with Gasteiger partial charge in [-0.25, -0.2) is 0 Å². The molecule has 4 heterocycles. The molecule has 0 radical (unpaired) electrons. The van der Waals surface area contributed by atoms with Gasteiger partial charge in [0, 0.05) is 57.7 Å². The Balaban J connectivity index is 1.33. The number of carbonyl (C=O) groups excluding carboxylic acids is 1. The van der Waals surface area contributed by atoms with Crippen LogP contribution >= 0.6 is 0 Å². The summed E-state index contributed by atoms with van der Waals surface area (Å²) in [5, 5.41) is 0. The van der Waals surface area contributed by atoms with Crippen molar-refractivity contribution in [2.45, 2.75) is 44.1 Å². The first-order valence-corrected chi connectivity index (χ1v) is 9.46. The highest BCUT2D eigenvalue weighted by Crippen LogP contribution is 2.33. The van der Waals surface area contributed by atoms with Crippen LogP contribution in [-0.2, 0) is 16.1 Å². The Labute approximate surface area is 149 Å². The molecule has 6 nitrogen and oxygen atoms in total. The molecule has 0 aliphatic carbocycles. The molecule has 0 bridgehead atoms. The van der Waals surface area contributed by atoms with E-state index in [1.807, 2.05) is 17.3 Å². The van der Waals surface area contributed by atoms with E-state index in [2.05, 4.69) is 34.0 Å². The Bertz CT molecular complexity index is 588. The number of piperazine rings is 1. The fourth-order valence-corrected chi connectivity index (χ4v) is 4.35. The maximum atomic E-state index is 12.8. The summed E-state index contributed by atoms with van der Waals surface area (Å²) < 4.78 is 6.26. The van der Waals surface area contributed by atoms with Gasteiger partial charge in [0.15, 0.2) is 0 Å². The fourth-order valence-electron chi connectivity index (χ4n) is 4.35. The molecule has 0 N–H and O–H groups in total. The molecule has 6 heteroatoms. The average molecular weight is 344 g/mol. The van der Waals surface area contributed by atoms with Crippen LogP contribution in [0.25, 0.3) is 0 Å². The van der Waals surface area contributed by atoms with Crippen LogP contribution < -0.4 is 0 Å². The molecular weight excluding hydrogens is 316 g/mol. The average Bonchev–Trinajstić information content (AvgIpc) is 3.05. The van der Waals surface area contributed by atoms with Crippen LogP contribution in [0.2, 0.25) is 0 Å². The molecule has 0 saturated carbocycles. The molecule has 3 aliphatic rings. The predicted molar refractivity (Wildman–Crippen MR) is 95.0 cm³/mol. The first kappa shape index (κ1) is 16.9. The zero-order valence-corrected chi connectivity index (χ0v) is 15.0. The number of rotatable bonds is 3. The summed E-state index contributed by atoms with van der Waals surface area (Å²) in [7, 11) is 2.11. The number of aromatic nitrogens is 1. The third kappa shape index (κ3) is 3.71. The Kier molecular flexibility index (Phi) is 5.01. The van der Waals surface area contributed by atoms with Crippen molar-refractivity contribution < 1.29 is 9.53 Å². The molecule has 136 valence electrons. The number of fused-ring (bicyclic) bond motifs is 1. The number of ether oxygens (including phenoxy) is 1. The van der Waals surface area contributed by atoms with Crippen molar-refractivity contribution >= 4 is 5.91 Å². The third-order valence-corrected chi connectivity index (χ3v) is 5.89. The van der Waals surface area contributed by atoms with Crippen molar-refractivity contribution in [2.75, 3.05) is 39.8 Å². The first-order valence-electron chi connectivity index (χ1n) is 9.46. The van der Waals surface area contributed by atoms with E-state index in [1.54, 1.807) is 0 Å². The molecular formula is C19H28N4O2. The summed E-state index contributed by atoms with van der Waals surface area (Å²) >= 11 is 0. The highest BCUT2D eigenvalue weighted by molar-refractivity contribution is 5.81. The van der Waals surface area contributed by atoms with Crippen molar-refractivity contribution in [1.29, 1.82) is 0 Å². The smallest absolute Gasteiger partial charge is 0.251 e. The van der Waals surface area contributed by atoms with Gasteiger partial charge in [0.25, 0.3) is 5.91 Å². The van der Waals surface area contributed by atoms with Crippen molar-refractivity contribution in [1.82, 2.24) is 19.7 Å². The minimum absolute atomic E-state index is 0.206. The molecule has 1 aromatic rings. The largest absolute Gasteiger partial charge is 0.363 e. The predicted octanol–water partition coefficient (Wildman–Crippen LogP) is 0.978. The van der Waals surface area contributed by atoms with Crippen LogP contribution in [0.15, 0.2) is 24.5 Å². The van der Waals surface area contributed by atoms with Gasteiger partial charge in [-0.3, -0.25) is 14.7 Å². The summed E-state index contributed by atoms with van der Waals surface area (Å²) in [6.07, 6.45) is 6.61. The van der Waals surface area contributed by atoms with Crippen molar-refractivity contribution in [3.63, 3.8) is 0 Å². The van der Waals surface area contributed by atoms with Gasteiger partial charge in [-0.1, -0.05) is 0 Å². The molecule has 0 unspecified atom stereocenters. The van der Waals surface area contributed by atoms with E-state index in [4.69, 9.17) is 4.74 Å². The number of carbonyl (C=O) groups is 1. The Morgan fingerprint density at radius 2 is 1.88 bits per heavy atom. The molecule has 3 atom stereocenters. The SMILES string of the molecule is CN1CCN(C(=O)[C@H]2CC[C@@H]3[C@@H](CCN3Cc3ccncc3)O2)CC1. The van der Waals surface area contributed by atoms with Crippen molar-refractivity contribution in [3.8, 4) is 0 Å². The molecule has 3 aliphatic heterocycles. The minimum Gasteiger partial charge on any atom is -0.363 e. The maximum Gasteiger partial charge on any atom is 0.251 e. The summed E-state index contributed by atoms with van der Waals surface area (Å²) in [5.41, 5.74) is 1.30. The first-order chi connectivity index (χ1) is 12.2. The van der Waals surface area contributed by atoms with Gasteiger partial charge in [0.2, 0.25) is 0 Å². The van der Waals surface area contributed by atoms with E-state index in [0.29, 0.717) is 6.04 Å². The van der Waals surface area contributed by atoms with Gasteiger partial charge in [0.1, 0.15) is 6.10 Å². The zero-order chi connectivity index (χ0) is 17.2. The van der Waals surface area contributed by atoms with Crippen molar-refractivity contribution in [3.05, 3.63) is 30.1 Å². The summed E-state index contributed by atoms with van der Waals surface area (Å²) in [6.45, 7) is 5.58. The summed E-state index contributed by atoms with van der Waals surface area (Å²) in [5.74, 6) is 0.208. The van der Waals surface area contributed by atoms with E-state index >= 15 is 0 Å². The van der Waals surface area contributed by atoms with Gasteiger partial charge in [0.05, 0.1) is 6.10 Å². The number of amides is 1. The van der Waals surface area contributed by atoms with Crippen LogP contribution in [0.1, 0.15) is 24.8 Å². The summed E-state index contributed by atoms with van der Waals surface area (Å²) in [4.78, 5) is 23.7. The van der Waals surface area contributed by atoms with E-state index < -0.39 is 0 Å². The molecule has 1 aromatic heterocycles. The minimum atomic E-state index is -0.231. The molecule has 0 aromatic carbocycles. The van der Waals surface area contributed by atoms with Crippen LogP contribution in [0.3, 0.4) is 0 Å². The third-order valence-electron chi connectivity index (χ3n) is 5.89. The van der Waals surface area contributed by atoms with Gasteiger partial charge < -0.3 is 14.5 Å². The maximum absolute atomic E-state index is 12.8. The molecule has 4 rings (SSSR count). The normalized spacial score (nSPS) is 31.1. The number of hydrogen-bond donors (Lipinski definition) is 0. The summed E-state index contributed by atoms with van der Waals surface area (Å²) in [6, 6.07) is 4.61. The molecule has 25 heavy (non-hydrogen) atoms. The highest BCUT2D eigenvalue weighted by atomic mass is 16.5. The van der Waals surface area contributed by atoms with E-state index in [9.17, 15) is 4.79 Å². The fraction of sp³-hybridized carbons (Fsp3) is 0.684. The van der Waals surface area contributed by atoms with Gasteiger partial charge in [-0.15, -0.1) is 0 Å². The lowest BCUT2D eigenvalue weighted by molar-refractivity contribution is -0.156. The lowest BCUT2D eigenvalue weighted by atomic mass is 9.98. The second kappa shape index (κ2) is 7.40. The number of hydrogen-bond acceptors (Lipinski definition) is 5. The number of likely N-dealkylation sites (tertiary alicyclic amines) is 1. The second-order valence-corrected chi connectivity index (χ2v) is 7.55. The number of likely N-dealkylation sites (N-methyl/N-ethyl adjacent to an activating group) is 1. The van der Waals surface area contributed by atoms with Crippen LogP contribution in [0, 0.1) is 0 Å². The van der Waals surface area contributed by atoms with E-state index in [1.165, 1.54) is 5.56 Å². The molecule has 3 saturated heterocycles. The molecule has 1 amide bonds. The lowest BCUT2D eigenvalue weighted by Gasteiger charge is -2.39. The van der Waals surface area contributed by atoms with Gasteiger partial charge >= 0.3 is 0 Å². The zero-order valence-electron chi connectivity index (χ0n) is 15.0. The Morgan fingerprint density at radius 3 is 2.64 bits per heavy atom. The number of pyridine rings is 1. The molecule has 3 fully saturated rings. The van der Waals surface area contributed by atoms with Crippen LogP contribution in [-0.4, -0.2) is 83.6 Å². The monoisotopic (exact) mass is 344 g/mol. The number of nitrogens with zero attached hydrogens (tertiary/aromatic N) is 4. The topological polar surface area (TPSA) is 48.9 Å². The standard InChI is InChI=1S/C19H28N4O2/c1-21-10-12-22(13-11-21)19(24)18-3-2-16-17(25-18)6-9-23(16)14-15-4-7-20-8-5-15/h4-5,7-8,16-18H,2-3,6,9-14H2,1H3/t16-,17-,18-/m1/s1. The highest BCUT2D eigenvalue weighted by Gasteiger charge is 2.42. The second-order valence-electron chi connectivity index (χ2n) is 7.55.